The summed E-state index contributed by atoms with van der Waals surface area (Å²) in [6.07, 6.45) is 1.83. The van der Waals surface area contributed by atoms with Gasteiger partial charge in [-0.25, -0.2) is 9.87 Å². The fourth-order valence-corrected chi connectivity index (χ4v) is 4.90. The first-order valence-electron chi connectivity index (χ1n) is 10.2. The van der Waals surface area contributed by atoms with E-state index in [9.17, 15) is 14.0 Å². The van der Waals surface area contributed by atoms with Crippen molar-refractivity contribution in [2.24, 2.45) is 17.8 Å². The predicted octanol–water partition coefficient (Wildman–Crippen LogP) is 2.44. The highest BCUT2D eigenvalue weighted by Crippen LogP contribution is 2.46. The Balaban J connectivity index is 0.00000109. The van der Waals surface area contributed by atoms with Crippen LogP contribution in [0.3, 0.4) is 0 Å². The molecule has 0 radical (unpaired) electrons. The van der Waals surface area contributed by atoms with Crippen LogP contribution in [-0.2, 0) is 17.8 Å². The number of nitrogens with zero attached hydrogens (tertiary/aromatic N) is 2. The maximum atomic E-state index is 14.3. The van der Waals surface area contributed by atoms with E-state index in [4.69, 9.17) is 5.21 Å². The molecule has 2 amide bonds. The lowest BCUT2D eigenvalue weighted by molar-refractivity contribution is -0.140. The molecule has 7 heteroatoms. The Morgan fingerprint density at radius 2 is 1.93 bits per heavy atom. The molecule has 2 saturated heterocycles. The molecule has 4 aliphatic rings. The number of amides is 2. The molecular formula is C21H30FN3O3. The number of nitrogens with one attached hydrogen (secondary N) is 1. The number of fused-ring (bicyclic) bond motifs is 3. The number of carbonyl (C=O) groups excluding carboxylic acids is 2. The molecule has 154 valence electrons. The van der Waals surface area contributed by atoms with Crippen molar-refractivity contribution in [3.63, 3.8) is 0 Å². The normalized spacial score (nSPS) is 25.8. The highest BCUT2D eigenvalue weighted by Gasteiger charge is 2.47. The lowest BCUT2D eigenvalue weighted by Gasteiger charge is -2.55. The number of hydrogen-bond donors (Lipinski definition) is 2. The Morgan fingerprint density at radius 3 is 2.54 bits per heavy atom. The van der Waals surface area contributed by atoms with Crippen molar-refractivity contribution >= 4 is 11.8 Å². The molecule has 3 heterocycles. The second kappa shape index (κ2) is 8.57. The van der Waals surface area contributed by atoms with E-state index in [1.807, 2.05) is 18.7 Å². The van der Waals surface area contributed by atoms with Gasteiger partial charge in [0.2, 0.25) is 5.91 Å². The van der Waals surface area contributed by atoms with Gasteiger partial charge in [0.25, 0.3) is 5.91 Å². The van der Waals surface area contributed by atoms with Crippen LogP contribution in [0.15, 0.2) is 12.1 Å². The summed E-state index contributed by atoms with van der Waals surface area (Å²) in [7, 11) is 0. The molecule has 1 saturated carbocycles. The number of carbonyl (C=O) groups is 2. The first-order chi connectivity index (χ1) is 13.5. The van der Waals surface area contributed by atoms with Gasteiger partial charge in [-0.2, -0.15) is 0 Å². The van der Waals surface area contributed by atoms with E-state index < -0.39 is 5.91 Å². The van der Waals surface area contributed by atoms with Gasteiger partial charge < -0.3 is 4.90 Å². The molecule has 3 aliphatic heterocycles. The fraction of sp³-hybridized carbons (Fsp3) is 0.619. The number of piperidine rings is 2. The molecular weight excluding hydrogens is 361 g/mol. The summed E-state index contributed by atoms with van der Waals surface area (Å²) in [5.41, 5.74) is 3.20. The smallest absolute Gasteiger partial charge is 0.274 e. The Bertz CT molecular complexity index is 743. The van der Waals surface area contributed by atoms with E-state index in [1.54, 1.807) is 18.5 Å². The molecule has 5 rings (SSSR count). The standard InChI is InChI=1S/C19H24FN3O3.C2H6/c1-11(24)23-8-14-5-15(9-23)17(14)10-22-3-2-16-13(7-22)4-12(6-18(16)20)19(25)21-26;1-2/h4,6,14-15,17,26H,2-3,5,7-10H2,1H3,(H,21,25);1-2H3. The van der Waals surface area contributed by atoms with Crippen LogP contribution in [0.4, 0.5) is 4.39 Å². The lowest BCUT2D eigenvalue weighted by atomic mass is 9.61. The second-order valence-electron chi connectivity index (χ2n) is 7.87. The molecule has 0 spiro atoms. The quantitative estimate of drug-likeness (QED) is 0.613. The summed E-state index contributed by atoms with van der Waals surface area (Å²) < 4.78 is 14.3. The maximum Gasteiger partial charge on any atom is 0.274 e. The molecule has 2 atom stereocenters. The monoisotopic (exact) mass is 391 g/mol. The van der Waals surface area contributed by atoms with Gasteiger partial charge in [-0.3, -0.25) is 19.7 Å². The predicted molar refractivity (Wildman–Crippen MR) is 103 cm³/mol. The van der Waals surface area contributed by atoms with Crippen LogP contribution in [0.25, 0.3) is 0 Å². The number of hydroxylamine groups is 1. The minimum Gasteiger partial charge on any atom is -0.342 e. The van der Waals surface area contributed by atoms with Gasteiger partial charge in [-0.15, -0.1) is 0 Å². The summed E-state index contributed by atoms with van der Waals surface area (Å²) in [6.45, 7) is 9.73. The molecule has 1 aliphatic carbocycles. The van der Waals surface area contributed by atoms with Crippen molar-refractivity contribution in [3.05, 3.63) is 34.6 Å². The SMILES string of the molecule is CC.CC(=O)N1CC2CC(C1)C2CN1CCc2c(F)cc(C(=O)NO)cc2C1. The maximum absolute atomic E-state index is 14.3. The van der Waals surface area contributed by atoms with Gasteiger partial charge in [-0.1, -0.05) is 13.8 Å². The van der Waals surface area contributed by atoms with E-state index in [-0.39, 0.29) is 17.3 Å². The largest absolute Gasteiger partial charge is 0.342 e. The van der Waals surface area contributed by atoms with Crippen molar-refractivity contribution in [1.29, 1.82) is 0 Å². The molecule has 2 unspecified atom stereocenters. The Morgan fingerprint density at radius 1 is 1.25 bits per heavy atom. The van der Waals surface area contributed by atoms with E-state index in [0.717, 1.165) is 31.7 Å². The summed E-state index contributed by atoms with van der Waals surface area (Å²) >= 11 is 0. The third kappa shape index (κ3) is 3.91. The second-order valence-corrected chi connectivity index (χ2v) is 7.87. The molecule has 28 heavy (non-hydrogen) atoms. The molecule has 1 aromatic carbocycles. The minimum atomic E-state index is -0.693. The summed E-state index contributed by atoms with van der Waals surface area (Å²) in [6, 6.07) is 2.86. The van der Waals surface area contributed by atoms with Gasteiger partial charge in [-0.05, 0) is 53.9 Å². The van der Waals surface area contributed by atoms with Gasteiger partial charge in [0.05, 0.1) is 0 Å². The fourth-order valence-electron chi connectivity index (χ4n) is 4.90. The molecule has 1 aromatic rings. The first-order valence-corrected chi connectivity index (χ1v) is 10.2. The highest BCUT2D eigenvalue weighted by atomic mass is 19.1. The minimum absolute atomic E-state index is 0.142. The van der Waals surface area contributed by atoms with E-state index in [1.165, 1.54) is 12.5 Å². The van der Waals surface area contributed by atoms with Crippen LogP contribution in [-0.4, -0.2) is 53.0 Å². The van der Waals surface area contributed by atoms with Gasteiger partial charge in [0, 0.05) is 45.2 Å². The number of halogens is 1. The van der Waals surface area contributed by atoms with E-state index >= 15 is 0 Å². The van der Waals surface area contributed by atoms with Crippen LogP contribution in [0, 0.1) is 23.6 Å². The van der Waals surface area contributed by atoms with E-state index in [0.29, 0.717) is 36.3 Å². The molecule has 2 N–H and O–H groups in total. The third-order valence-electron chi connectivity index (χ3n) is 6.36. The van der Waals surface area contributed by atoms with Crippen LogP contribution >= 0.6 is 0 Å². The Labute approximate surface area is 165 Å². The molecule has 0 aromatic heterocycles. The topological polar surface area (TPSA) is 72.9 Å². The first kappa shape index (κ1) is 20.7. The number of rotatable bonds is 3. The zero-order valence-electron chi connectivity index (χ0n) is 16.9. The van der Waals surface area contributed by atoms with E-state index in [2.05, 4.69) is 4.90 Å². The Hall–Kier alpha value is -1.99. The third-order valence-corrected chi connectivity index (χ3v) is 6.36. The average Bonchev–Trinajstić information content (AvgIpc) is 2.72. The van der Waals surface area contributed by atoms with Crippen LogP contribution in [0.2, 0.25) is 0 Å². The summed E-state index contributed by atoms with van der Waals surface area (Å²) in [4.78, 5) is 27.5. The molecule has 3 fully saturated rings. The van der Waals surface area contributed by atoms with Crippen molar-refractivity contribution < 1.29 is 19.2 Å². The van der Waals surface area contributed by atoms with Crippen molar-refractivity contribution in [3.8, 4) is 0 Å². The summed E-state index contributed by atoms with van der Waals surface area (Å²) in [5, 5.41) is 8.79. The number of benzene rings is 1. The van der Waals surface area contributed by atoms with Crippen LogP contribution in [0.5, 0.6) is 0 Å². The van der Waals surface area contributed by atoms with Crippen molar-refractivity contribution in [1.82, 2.24) is 15.3 Å². The molecule has 6 nitrogen and oxygen atoms in total. The highest BCUT2D eigenvalue weighted by molar-refractivity contribution is 5.93. The zero-order chi connectivity index (χ0) is 20.4. The van der Waals surface area contributed by atoms with Crippen LogP contribution in [0.1, 0.15) is 48.7 Å². The van der Waals surface area contributed by atoms with Gasteiger partial charge in [0.1, 0.15) is 5.82 Å². The van der Waals surface area contributed by atoms with Crippen molar-refractivity contribution in [2.45, 2.75) is 40.2 Å². The van der Waals surface area contributed by atoms with Gasteiger partial charge in [0.15, 0.2) is 0 Å². The molecule has 2 bridgehead atoms. The average molecular weight is 391 g/mol. The Kier molecular flexibility index (Phi) is 6.35. The van der Waals surface area contributed by atoms with Crippen LogP contribution < -0.4 is 5.48 Å². The van der Waals surface area contributed by atoms with Gasteiger partial charge >= 0.3 is 0 Å². The number of hydrogen-bond acceptors (Lipinski definition) is 4. The summed E-state index contributed by atoms with van der Waals surface area (Å²) in [5.74, 6) is 0.834. The lowest BCUT2D eigenvalue weighted by Crippen LogP contribution is -2.59. The zero-order valence-corrected chi connectivity index (χ0v) is 16.9. The van der Waals surface area contributed by atoms with Crippen molar-refractivity contribution in [2.75, 3.05) is 26.2 Å².